The Hall–Kier alpha value is -1.92. The van der Waals surface area contributed by atoms with Crippen LogP contribution in [0.2, 0.25) is 0 Å². The first-order chi connectivity index (χ1) is 7.15. The Kier molecular flexibility index (Phi) is 2.36. The monoisotopic (exact) mass is 207 g/mol. The molecule has 0 saturated carbocycles. The van der Waals surface area contributed by atoms with Gasteiger partial charge in [0.25, 0.3) is 0 Å². The molecule has 2 aromatic heterocycles. The third-order valence-corrected chi connectivity index (χ3v) is 2.06. The molecule has 0 aliphatic carbocycles. The van der Waals surface area contributed by atoms with Crippen molar-refractivity contribution in [1.82, 2.24) is 29.5 Å². The largest absolute Gasteiger partial charge is 0.367 e. The van der Waals surface area contributed by atoms with Crippen molar-refractivity contribution >= 4 is 5.95 Å². The molecule has 0 saturated heterocycles. The van der Waals surface area contributed by atoms with Crippen LogP contribution in [-0.2, 0) is 13.1 Å². The minimum absolute atomic E-state index is 0.293. The Balaban J connectivity index is 2.01. The van der Waals surface area contributed by atoms with Crippen LogP contribution < -0.4 is 5.73 Å². The summed E-state index contributed by atoms with van der Waals surface area (Å²) in [5.74, 6) is 1.98. The molecule has 2 aromatic rings. The van der Waals surface area contributed by atoms with Crippen LogP contribution in [0.5, 0.6) is 0 Å². The van der Waals surface area contributed by atoms with E-state index in [1.807, 2.05) is 18.5 Å². The third kappa shape index (κ3) is 2.12. The van der Waals surface area contributed by atoms with Crippen LogP contribution in [0.15, 0.2) is 6.33 Å². The van der Waals surface area contributed by atoms with E-state index < -0.39 is 0 Å². The molecule has 7 heteroatoms. The zero-order chi connectivity index (χ0) is 10.8. The predicted molar refractivity (Wildman–Crippen MR) is 53.9 cm³/mol. The first kappa shape index (κ1) is 9.63. The van der Waals surface area contributed by atoms with Gasteiger partial charge in [0.1, 0.15) is 18.0 Å². The summed E-state index contributed by atoms with van der Waals surface area (Å²) in [5, 5.41) is 8.23. The average Bonchev–Trinajstić information content (AvgIpc) is 2.70. The van der Waals surface area contributed by atoms with Crippen LogP contribution in [0.3, 0.4) is 0 Å². The number of aromatic nitrogens is 6. The van der Waals surface area contributed by atoms with Crippen molar-refractivity contribution in [3.63, 3.8) is 0 Å². The maximum atomic E-state index is 5.40. The van der Waals surface area contributed by atoms with Gasteiger partial charge in [0, 0.05) is 0 Å². The minimum atomic E-state index is 0.293. The van der Waals surface area contributed by atoms with Crippen LogP contribution in [0.1, 0.15) is 11.6 Å². The zero-order valence-corrected chi connectivity index (χ0v) is 8.75. The topological polar surface area (TPSA) is 87.4 Å². The number of nitrogens with zero attached hydrogens (tertiary/aromatic N) is 6. The molecular weight excluding hydrogens is 194 g/mol. The summed E-state index contributed by atoms with van der Waals surface area (Å²) in [4.78, 5) is 8.05. The molecule has 2 N–H and O–H groups in total. The van der Waals surface area contributed by atoms with Crippen molar-refractivity contribution in [3.8, 4) is 0 Å². The first-order valence-electron chi connectivity index (χ1n) is 4.68. The predicted octanol–water partition coefficient (Wildman–Crippen LogP) is -0.231. The fourth-order valence-corrected chi connectivity index (χ4v) is 1.39. The van der Waals surface area contributed by atoms with Crippen LogP contribution in [-0.4, -0.2) is 29.5 Å². The molecular formula is C8H13N7. The van der Waals surface area contributed by atoms with Gasteiger partial charge in [-0.25, -0.2) is 19.3 Å². The van der Waals surface area contributed by atoms with E-state index in [0.717, 1.165) is 18.2 Å². The second-order valence-electron chi connectivity index (χ2n) is 3.30. The summed E-state index contributed by atoms with van der Waals surface area (Å²) in [5.41, 5.74) is 5.40. The molecule has 0 unspecified atom stereocenters. The van der Waals surface area contributed by atoms with Gasteiger partial charge in [-0.1, -0.05) is 0 Å². The summed E-state index contributed by atoms with van der Waals surface area (Å²) < 4.78 is 3.53. The summed E-state index contributed by atoms with van der Waals surface area (Å²) in [6.07, 6.45) is 1.61. The van der Waals surface area contributed by atoms with Crippen molar-refractivity contribution in [2.24, 2.45) is 0 Å². The van der Waals surface area contributed by atoms with Gasteiger partial charge in [-0.15, -0.1) is 5.10 Å². The molecule has 7 nitrogen and oxygen atoms in total. The number of rotatable bonds is 3. The smallest absolute Gasteiger partial charge is 0.239 e. The second-order valence-corrected chi connectivity index (χ2v) is 3.30. The molecule has 0 atom stereocenters. The third-order valence-electron chi connectivity index (χ3n) is 2.06. The van der Waals surface area contributed by atoms with Gasteiger partial charge in [-0.3, -0.25) is 0 Å². The van der Waals surface area contributed by atoms with Crippen molar-refractivity contribution in [2.75, 3.05) is 5.73 Å². The summed E-state index contributed by atoms with van der Waals surface area (Å²) >= 11 is 0. The first-order valence-corrected chi connectivity index (χ1v) is 4.68. The quantitative estimate of drug-likeness (QED) is 0.751. The Morgan fingerprint density at radius 3 is 2.60 bits per heavy atom. The lowest BCUT2D eigenvalue weighted by Gasteiger charge is -2.02. The highest BCUT2D eigenvalue weighted by atomic mass is 15.4. The van der Waals surface area contributed by atoms with Gasteiger partial charge in [0.2, 0.25) is 5.95 Å². The van der Waals surface area contributed by atoms with E-state index in [1.54, 1.807) is 11.0 Å². The molecule has 0 aliphatic rings. The molecule has 0 radical (unpaired) electrons. The SMILES string of the molecule is Cc1nc(C)n(CCn2cnc(N)n2)n1. The Labute approximate surface area is 86.9 Å². The zero-order valence-electron chi connectivity index (χ0n) is 8.75. The lowest BCUT2D eigenvalue weighted by atomic mass is 10.6. The van der Waals surface area contributed by atoms with Gasteiger partial charge in [0.05, 0.1) is 13.1 Å². The number of anilines is 1. The summed E-state index contributed by atoms with van der Waals surface area (Å²) in [6, 6.07) is 0. The number of aryl methyl sites for hydroxylation is 4. The second kappa shape index (κ2) is 3.68. The number of nitrogen functional groups attached to an aromatic ring is 1. The minimum Gasteiger partial charge on any atom is -0.367 e. The highest BCUT2D eigenvalue weighted by Crippen LogP contribution is 1.97. The van der Waals surface area contributed by atoms with Crippen LogP contribution in [0.4, 0.5) is 5.95 Å². The van der Waals surface area contributed by atoms with Gasteiger partial charge < -0.3 is 5.73 Å². The van der Waals surface area contributed by atoms with Crippen molar-refractivity contribution in [2.45, 2.75) is 26.9 Å². The highest BCUT2D eigenvalue weighted by Gasteiger charge is 2.02. The summed E-state index contributed by atoms with van der Waals surface area (Å²) in [6.45, 7) is 5.20. The summed E-state index contributed by atoms with van der Waals surface area (Å²) in [7, 11) is 0. The van der Waals surface area contributed by atoms with Crippen LogP contribution in [0.25, 0.3) is 0 Å². The Bertz CT molecular complexity index is 455. The van der Waals surface area contributed by atoms with Gasteiger partial charge >= 0.3 is 0 Å². The molecule has 2 heterocycles. The van der Waals surface area contributed by atoms with Gasteiger partial charge in [-0.05, 0) is 13.8 Å². The lowest BCUT2D eigenvalue weighted by Crippen LogP contribution is -2.10. The molecule has 0 fully saturated rings. The van der Waals surface area contributed by atoms with Crippen LogP contribution in [0, 0.1) is 13.8 Å². The molecule has 0 spiro atoms. The number of hydrogen-bond donors (Lipinski definition) is 1. The van der Waals surface area contributed by atoms with Crippen molar-refractivity contribution in [3.05, 3.63) is 18.0 Å². The fourth-order valence-electron chi connectivity index (χ4n) is 1.39. The molecule has 80 valence electrons. The van der Waals surface area contributed by atoms with Crippen LogP contribution >= 0.6 is 0 Å². The standard InChI is InChI=1S/C8H13N7/c1-6-11-7(2)15(12-6)4-3-14-5-10-8(9)13-14/h5H,3-4H2,1-2H3,(H2,9,13). The maximum absolute atomic E-state index is 5.40. The molecule has 15 heavy (non-hydrogen) atoms. The Morgan fingerprint density at radius 1 is 1.27 bits per heavy atom. The maximum Gasteiger partial charge on any atom is 0.239 e. The molecule has 0 bridgehead atoms. The van der Waals surface area contributed by atoms with Crippen molar-refractivity contribution in [1.29, 1.82) is 0 Å². The molecule has 0 amide bonds. The van der Waals surface area contributed by atoms with E-state index in [2.05, 4.69) is 20.2 Å². The average molecular weight is 207 g/mol. The van der Waals surface area contributed by atoms with Gasteiger partial charge in [0.15, 0.2) is 0 Å². The van der Waals surface area contributed by atoms with Gasteiger partial charge in [-0.2, -0.15) is 5.10 Å². The highest BCUT2D eigenvalue weighted by molar-refractivity contribution is 5.09. The number of nitrogens with two attached hydrogens (primary N) is 1. The van der Waals surface area contributed by atoms with E-state index in [4.69, 9.17) is 5.73 Å². The molecule has 0 aromatic carbocycles. The Morgan fingerprint density at radius 2 is 2.07 bits per heavy atom. The lowest BCUT2D eigenvalue weighted by molar-refractivity contribution is 0.489. The van der Waals surface area contributed by atoms with E-state index in [0.29, 0.717) is 12.5 Å². The number of hydrogen-bond acceptors (Lipinski definition) is 5. The fraction of sp³-hybridized carbons (Fsp3) is 0.500. The van der Waals surface area contributed by atoms with E-state index in [-0.39, 0.29) is 0 Å². The van der Waals surface area contributed by atoms with E-state index in [1.165, 1.54) is 0 Å². The van der Waals surface area contributed by atoms with E-state index >= 15 is 0 Å². The van der Waals surface area contributed by atoms with E-state index in [9.17, 15) is 0 Å². The molecule has 0 aliphatic heterocycles. The normalized spacial score (nSPS) is 10.8. The van der Waals surface area contributed by atoms with Crippen molar-refractivity contribution < 1.29 is 0 Å². The molecule has 2 rings (SSSR count).